The van der Waals surface area contributed by atoms with E-state index in [4.69, 9.17) is 22.9 Å². The van der Waals surface area contributed by atoms with Crippen LogP contribution in [0.5, 0.6) is 0 Å². The Balaban J connectivity index is 4.17. The molecule has 94 valence electrons. The van der Waals surface area contributed by atoms with Gasteiger partial charge in [0.15, 0.2) is 0 Å². The third-order valence-corrected chi connectivity index (χ3v) is 1.13. The molecule has 0 amide bonds. The lowest BCUT2D eigenvalue weighted by Crippen LogP contribution is -2.24. The van der Waals surface area contributed by atoms with Crippen LogP contribution in [0.1, 0.15) is 6.42 Å². The van der Waals surface area contributed by atoms with Crippen molar-refractivity contribution in [1.29, 1.82) is 0 Å². The molecule has 0 spiro atoms. The highest BCUT2D eigenvalue weighted by Crippen LogP contribution is 2.03. The molecule has 0 bridgehead atoms. The summed E-state index contributed by atoms with van der Waals surface area (Å²) in [5.41, 5.74) is 19.4. The maximum atomic E-state index is 11.1. The van der Waals surface area contributed by atoms with Crippen LogP contribution >= 0.6 is 0 Å². The highest BCUT2D eigenvalue weighted by atomic mass is 16.7. The zero-order valence-corrected chi connectivity index (χ0v) is 8.75. The van der Waals surface area contributed by atoms with Crippen molar-refractivity contribution in [2.24, 2.45) is 33.2 Å². The van der Waals surface area contributed by atoms with E-state index in [0.29, 0.717) is 0 Å². The fraction of sp³-hybridized carbons (Fsp3) is 0.143. The lowest BCUT2D eigenvalue weighted by Gasteiger charge is -2.00. The van der Waals surface area contributed by atoms with Crippen molar-refractivity contribution in [2.75, 3.05) is 0 Å². The molecule has 0 atom stereocenters. The Morgan fingerprint density at radius 3 is 1.94 bits per heavy atom. The molecule has 0 aromatic carbocycles. The second-order valence-electron chi connectivity index (χ2n) is 2.65. The molecule has 0 aliphatic rings. The minimum atomic E-state index is -0.986. The molecule has 10 heteroatoms. The van der Waals surface area contributed by atoms with Gasteiger partial charge in [-0.2, -0.15) is 0 Å². The summed E-state index contributed by atoms with van der Waals surface area (Å²) in [4.78, 5) is 30.5. The molecular weight excluding hydrogens is 232 g/mol. The summed E-state index contributed by atoms with van der Waals surface area (Å²) >= 11 is 0. The van der Waals surface area contributed by atoms with Gasteiger partial charge in [-0.1, -0.05) is 6.58 Å². The summed E-state index contributed by atoms with van der Waals surface area (Å²) in [6.45, 7) is 3.26. The van der Waals surface area contributed by atoms with E-state index in [9.17, 15) is 9.59 Å². The fourth-order valence-corrected chi connectivity index (χ4v) is 0.541. The summed E-state index contributed by atoms with van der Waals surface area (Å²) < 4.78 is 0. The molecule has 0 aromatic rings. The van der Waals surface area contributed by atoms with Crippen LogP contribution in [0.25, 0.3) is 0 Å². The molecule has 0 saturated carbocycles. The fourth-order valence-electron chi connectivity index (χ4n) is 0.541. The normalized spacial score (nSPS) is 8.71. The quantitative estimate of drug-likeness (QED) is 0.133. The van der Waals surface area contributed by atoms with Crippen molar-refractivity contribution in [3.63, 3.8) is 0 Å². The van der Waals surface area contributed by atoms with Gasteiger partial charge >= 0.3 is 11.9 Å². The van der Waals surface area contributed by atoms with Crippen molar-refractivity contribution in [2.45, 2.75) is 6.42 Å². The minimum absolute atomic E-state index is 0.231. The van der Waals surface area contributed by atoms with Crippen LogP contribution in [0, 0.1) is 0 Å². The summed E-state index contributed by atoms with van der Waals surface area (Å²) in [5.74, 6) is -2.77. The first-order valence-corrected chi connectivity index (χ1v) is 4.09. The molecule has 0 aromatic heterocycles. The number of guanidine groups is 2. The lowest BCUT2D eigenvalue weighted by molar-refractivity contribution is -0.146. The van der Waals surface area contributed by atoms with Gasteiger partial charge in [-0.15, -0.1) is 0 Å². The summed E-state index contributed by atoms with van der Waals surface area (Å²) in [7, 11) is 0. The third kappa shape index (κ3) is 7.18. The van der Waals surface area contributed by atoms with Crippen LogP contribution in [-0.2, 0) is 19.3 Å². The second kappa shape index (κ2) is 6.66. The summed E-state index contributed by atoms with van der Waals surface area (Å²) in [5, 5.41) is 5.94. The average Bonchev–Trinajstić information content (AvgIpc) is 2.22. The first-order valence-electron chi connectivity index (χ1n) is 4.09. The van der Waals surface area contributed by atoms with Gasteiger partial charge in [0.05, 0.1) is 6.42 Å². The number of hydrogen-bond donors (Lipinski definition) is 4. The van der Waals surface area contributed by atoms with Gasteiger partial charge in [0.25, 0.3) is 0 Å². The summed E-state index contributed by atoms with van der Waals surface area (Å²) in [6, 6.07) is 0. The van der Waals surface area contributed by atoms with Crippen LogP contribution in [0.2, 0.25) is 0 Å². The number of carbonyl (C=O) groups is 2. The topological polar surface area (TPSA) is 181 Å². The summed E-state index contributed by atoms with van der Waals surface area (Å²) in [6.07, 6.45) is -0.477. The van der Waals surface area contributed by atoms with Gasteiger partial charge in [-0.3, -0.25) is 0 Å². The Bertz CT molecular complexity index is 380. The zero-order chi connectivity index (χ0) is 13.4. The second-order valence-corrected chi connectivity index (χ2v) is 2.65. The Kier molecular flexibility index (Phi) is 5.57. The molecule has 0 heterocycles. The van der Waals surface area contributed by atoms with Crippen LogP contribution in [-0.4, -0.2) is 23.9 Å². The lowest BCUT2D eigenvalue weighted by atomic mass is 10.2. The molecule has 0 aliphatic carbocycles. The van der Waals surface area contributed by atoms with E-state index in [2.05, 4.69) is 26.6 Å². The maximum absolute atomic E-state index is 11.1. The molecule has 0 aliphatic heterocycles. The van der Waals surface area contributed by atoms with Gasteiger partial charge in [0, 0.05) is 5.57 Å². The van der Waals surface area contributed by atoms with E-state index in [-0.39, 0.29) is 5.57 Å². The maximum Gasteiger partial charge on any atom is 0.361 e. The highest BCUT2D eigenvalue weighted by Gasteiger charge is 2.15. The molecule has 0 saturated heterocycles. The SMILES string of the molecule is C=C(CC(=O)ON=C(N)N)C(=O)ON=C(N)N. The van der Waals surface area contributed by atoms with Crippen LogP contribution in [0.3, 0.4) is 0 Å². The van der Waals surface area contributed by atoms with Gasteiger partial charge in [-0.25, -0.2) is 9.59 Å². The molecule has 0 rings (SSSR count). The zero-order valence-electron chi connectivity index (χ0n) is 8.75. The van der Waals surface area contributed by atoms with E-state index < -0.39 is 30.3 Å². The first-order chi connectivity index (χ1) is 7.82. The Morgan fingerprint density at radius 1 is 1.00 bits per heavy atom. The van der Waals surface area contributed by atoms with E-state index in [1.807, 2.05) is 0 Å². The predicted molar refractivity (Wildman–Crippen MR) is 57.6 cm³/mol. The minimum Gasteiger partial charge on any atom is -0.367 e. The third-order valence-electron chi connectivity index (χ3n) is 1.13. The van der Waals surface area contributed by atoms with E-state index in [1.165, 1.54) is 0 Å². The van der Waals surface area contributed by atoms with Gasteiger partial charge in [0.2, 0.25) is 11.9 Å². The van der Waals surface area contributed by atoms with Gasteiger partial charge < -0.3 is 32.6 Å². The predicted octanol–water partition coefficient (Wildman–Crippen LogP) is -2.60. The standard InChI is InChI=1S/C7H12N6O4/c1-3(5(15)17-13-7(10)11)2-4(14)16-12-6(8)9/h1-2H2,(H4,8,9,12)(H4,10,11,13). The molecule has 10 nitrogen and oxygen atoms in total. The molecule has 17 heavy (non-hydrogen) atoms. The van der Waals surface area contributed by atoms with Gasteiger partial charge in [0.1, 0.15) is 0 Å². The van der Waals surface area contributed by atoms with Crippen molar-refractivity contribution in [3.8, 4) is 0 Å². The molecule has 0 radical (unpaired) electrons. The first kappa shape index (κ1) is 14.2. The molecule has 0 unspecified atom stereocenters. The van der Waals surface area contributed by atoms with Crippen molar-refractivity contribution >= 4 is 23.9 Å². The Hall–Kier alpha value is -2.78. The van der Waals surface area contributed by atoms with Crippen molar-refractivity contribution < 1.29 is 19.3 Å². The number of nitrogens with zero attached hydrogens (tertiary/aromatic N) is 2. The van der Waals surface area contributed by atoms with Crippen LogP contribution in [0.4, 0.5) is 0 Å². The van der Waals surface area contributed by atoms with E-state index in [1.54, 1.807) is 0 Å². The Labute approximate surface area is 95.8 Å². The van der Waals surface area contributed by atoms with Gasteiger partial charge in [-0.05, 0) is 10.3 Å². The molecule has 0 fully saturated rings. The molecule has 8 N–H and O–H groups in total. The van der Waals surface area contributed by atoms with E-state index >= 15 is 0 Å². The van der Waals surface area contributed by atoms with Crippen LogP contribution < -0.4 is 22.9 Å². The van der Waals surface area contributed by atoms with E-state index in [0.717, 1.165) is 0 Å². The average molecular weight is 244 g/mol. The monoisotopic (exact) mass is 244 g/mol. The van der Waals surface area contributed by atoms with Crippen molar-refractivity contribution in [3.05, 3.63) is 12.2 Å². The smallest absolute Gasteiger partial charge is 0.361 e. The largest absolute Gasteiger partial charge is 0.367 e. The number of rotatable bonds is 5. The van der Waals surface area contributed by atoms with Crippen molar-refractivity contribution in [1.82, 2.24) is 0 Å². The molecular formula is C7H12N6O4. The highest BCUT2D eigenvalue weighted by molar-refractivity contribution is 5.93. The number of hydrogen-bond acceptors (Lipinski definition) is 6. The number of nitrogens with two attached hydrogens (primary N) is 4. The van der Waals surface area contributed by atoms with Crippen LogP contribution in [0.15, 0.2) is 22.5 Å². The number of oxime groups is 2. The Morgan fingerprint density at radius 2 is 1.47 bits per heavy atom. The number of carbonyl (C=O) groups excluding carboxylic acids is 2.